The highest BCUT2D eigenvalue weighted by atomic mass is 16.3. The molecule has 0 bridgehead atoms. The van der Waals surface area contributed by atoms with Crippen LogP contribution in [-0.4, -0.2) is 29.7 Å². The van der Waals surface area contributed by atoms with E-state index in [1.54, 1.807) is 0 Å². The molecule has 1 atom stereocenters. The van der Waals surface area contributed by atoms with E-state index < -0.39 is 6.10 Å². The largest absolute Gasteiger partial charge is 0.391 e. The number of rotatable bonds is 8. The molecule has 0 amide bonds. The van der Waals surface area contributed by atoms with Crippen LogP contribution in [-0.2, 0) is 12.8 Å². The Bertz CT molecular complexity index is 1270. The van der Waals surface area contributed by atoms with E-state index in [9.17, 15) is 10.4 Å². The minimum atomic E-state index is -0.497. The maximum absolute atomic E-state index is 11.1. The van der Waals surface area contributed by atoms with E-state index in [1.165, 1.54) is 16.7 Å². The number of aliphatic hydroxyl groups excluding tert-OH is 1. The van der Waals surface area contributed by atoms with Crippen molar-refractivity contribution in [3.05, 3.63) is 131 Å². The first kappa shape index (κ1) is 24.3. The number of aryl methyl sites for hydroxylation is 1. The number of hydrogen-bond acceptors (Lipinski definition) is 3. The van der Waals surface area contributed by atoms with Gasteiger partial charge in [0.2, 0.25) is 0 Å². The van der Waals surface area contributed by atoms with Crippen molar-refractivity contribution in [3.63, 3.8) is 0 Å². The van der Waals surface area contributed by atoms with Crippen molar-refractivity contribution in [1.29, 1.82) is 5.26 Å². The Morgan fingerprint density at radius 3 is 2.40 bits per heavy atom. The second kappa shape index (κ2) is 11.5. The van der Waals surface area contributed by atoms with Gasteiger partial charge in [-0.2, -0.15) is 5.26 Å². The molecule has 1 N–H and O–H groups in total. The van der Waals surface area contributed by atoms with E-state index in [1.807, 2.05) is 55.6 Å². The molecule has 1 unspecified atom stereocenters. The van der Waals surface area contributed by atoms with E-state index in [4.69, 9.17) is 0 Å². The van der Waals surface area contributed by atoms with Gasteiger partial charge >= 0.3 is 0 Å². The molecule has 3 nitrogen and oxygen atoms in total. The molecule has 0 aromatic heterocycles. The van der Waals surface area contributed by atoms with Gasteiger partial charge in [0, 0.05) is 19.3 Å². The number of nitriles is 1. The lowest BCUT2D eigenvalue weighted by Gasteiger charge is -2.27. The Morgan fingerprint density at radius 1 is 1.03 bits per heavy atom. The monoisotopic (exact) mass is 460 g/mol. The molecule has 1 aliphatic rings. The van der Waals surface area contributed by atoms with Crippen molar-refractivity contribution in [3.8, 4) is 6.07 Å². The third-order valence-electron chi connectivity index (χ3n) is 6.52. The smallest absolute Gasteiger partial charge is 0.0991 e. The molecule has 3 aromatic rings. The first-order valence-electron chi connectivity index (χ1n) is 12.1. The van der Waals surface area contributed by atoms with Crippen LogP contribution in [0.2, 0.25) is 0 Å². The lowest BCUT2D eigenvalue weighted by molar-refractivity contribution is 0.146. The number of aliphatic hydroxyl groups is 1. The summed E-state index contributed by atoms with van der Waals surface area (Å²) in [5, 5.41) is 20.3. The van der Waals surface area contributed by atoms with Gasteiger partial charge in [-0.1, -0.05) is 85.0 Å². The zero-order chi connectivity index (χ0) is 24.6. The molecular weight excluding hydrogens is 428 g/mol. The predicted molar refractivity (Wildman–Crippen MR) is 144 cm³/mol. The van der Waals surface area contributed by atoms with Gasteiger partial charge in [-0.25, -0.2) is 0 Å². The summed E-state index contributed by atoms with van der Waals surface area (Å²) < 4.78 is 0. The summed E-state index contributed by atoms with van der Waals surface area (Å²) in [5.74, 6) is 0. The quantitative estimate of drug-likeness (QED) is 0.312. The van der Waals surface area contributed by atoms with Gasteiger partial charge in [-0.05, 0) is 71.7 Å². The van der Waals surface area contributed by atoms with Crippen molar-refractivity contribution >= 4 is 11.3 Å². The van der Waals surface area contributed by atoms with Gasteiger partial charge in [-0.15, -0.1) is 0 Å². The molecule has 176 valence electrons. The van der Waals surface area contributed by atoms with E-state index in [0.29, 0.717) is 18.5 Å². The van der Waals surface area contributed by atoms with E-state index in [0.717, 1.165) is 41.7 Å². The number of benzene rings is 3. The molecule has 0 saturated heterocycles. The zero-order valence-corrected chi connectivity index (χ0v) is 20.3. The third-order valence-corrected chi connectivity index (χ3v) is 6.52. The standard InChI is InChI=1S/C32H32N2O/c1-24(27-11-5-3-6-12-27)18-32(28-13-7-4-8-14-28)34(2)23-31(35)21-25-10-9-15-29-20-26(22-33)16-17-30(29)19-25/h3-8,10-14,16-18,20,31,35H,1,9,15,19,21,23H2,2H3/b32-18-. The molecule has 1 aliphatic carbocycles. The summed E-state index contributed by atoms with van der Waals surface area (Å²) in [5.41, 5.74) is 8.62. The van der Waals surface area contributed by atoms with Crippen LogP contribution in [0, 0.1) is 11.3 Å². The Hall–Kier alpha value is -3.87. The van der Waals surface area contributed by atoms with Gasteiger partial charge in [-0.3, -0.25) is 0 Å². The molecule has 0 saturated carbocycles. The highest BCUT2D eigenvalue weighted by Gasteiger charge is 2.17. The fourth-order valence-electron chi connectivity index (χ4n) is 4.71. The fourth-order valence-corrected chi connectivity index (χ4v) is 4.71. The maximum atomic E-state index is 11.1. The van der Waals surface area contributed by atoms with Gasteiger partial charge < -0.3 is 10.0 Å². The zero-order valence-electron chi connectivity index (χ0n) is 20.3. The van der Waals surface area contributed by atoms with Crippen LogP contribution in [0.3, 0.4) is 0 Å². The average molecular weight is 461 g/mol. The molecule has 3 aromatic carbocycles. The summed E-state index contributed by atoms with van der Waals surface area (Å²) >= 11 is 0. The number of hydrogen-bond donors (Lipinski definition) is 1. The van der Waals surface area contributed by atoms with Crippen LogP contribution < -0.4 is 0 Å². The molecule has 35 heavy (non-hydrogen) atoms. The Kier molecular flexibility index (Phi) is 7.98. The minimum absolute atomic E-state index is 0.497. The van der Waals surface area contributed by atoms with Crippen molar-refractivity contribution in [2.24, 2.45) is 0 Å². The lowest BCUT2D eigenvalue weighted by Crippen LogP contribution is -2.28. The number of nitrogens with zero attached hydrogens (tertiary/aromatic N) is 2. The first-order chi connectivity index (χ1) is 17.0. The minimum Gasteiger partial charge on any atom is -0.391 e. The normalized spacial score (nSPS) is 14.2. The van der Waals surface area contributed by atoms with Crippen LogP contribution in [0.15, 0.2) is 103 Å². The molecule has 0 radical (unpaired) electrons. The maximum Gasteiger partial charge on any atom is 0.0991 e. The van der Waals surface area contributed by atoms with Crippen LogP contribution in [0.4, 0.5) is 0 Å². The fraction of sp³-hybridized carbons (Fsp3) is 0.219. The summed E-state index contributed by atoms with van der Waals surface area (Å²) in [7, 11) is 2.03. The van der Waals surface area contributed by atoms with E-state index >= 15 is 0 Å². The van der Waals surface area contributed by atoms with E-state index in [2.05, 4.69) is 60.0 Å². The Morgan fingerprint density at radius 2 is 1.71 bits per heavy atom. The van der Waals surface area contributed by atoms with Crippen LogP contribution in [0.25, 0.3) is 11.3 Å². The molecule has 0 fully saturated rings. The van der Waals surface area contributed by atoms with E-state index in [-0.39, 0.29) is 0 Å². The topological polar surface area (TPSA) is 47.3 Å². The van der Waals surface area contributed by atoms with Crippen molar-refractivity contribution < 1.29 is 5.11 Å². The summed E-state index contributed by atoms with van der Waals surface area (Å²) in [6.07, 6.45) is 7.20. The summed E-state index contributed by atoms with van der Waals surface area (Å²) in [6, 6.07) is 28.6. The summed E-state index contributed by atoms with van der Waals surface area (Å²) in [6.45, 7) is 4.81. The highest BCUT2D eigenvalue weighted by molar-refractivity contribution is 5.82. The van der Waals surface area contributed by atoms with Gasteiger partial charge in [0.25, 0.3) is 0 Å². The Labute approximate surface area is 209 Å². The highest BCUT2D eigenvalue weighted by Crippen LogP contribution is 2.27. The SMILES string of the molecule is C=C(/C=C(/c1ccccc1)N(C)CC(O)CC1=CCCc2cc(C#N)ccc2C1)c1ccccc1. The van der Waals surface area contributed by atoms with Crippen molar-refractivity contribution in [2.75, 3.05) is 13.6 Å². The Balaban J connectivity index is 1.48. The molecule has 0 spiro atoms. The number of allylic oxidation sites excluding steroid dienone is 3. The molecule has 0 heterocycles. The molecular formula is C32H32N2O. The number of likely N-dealkylation sites (N-methyl/N-ethyl adjacent to an activating group) is 1. The van der Waals surface area contributed by atoms with Crippen molar-refractivity contribution in [2.45, 2.75) is 31.8 Å². The average Bonchev–Trinajstić information content (AvgIpc) is 3.08. The van der Waals surface area contributed by atoms with Gasteiger partial charge in [0.05, 0.1) is 17.7 Å². The van der Waals surface area contributed by atoms with Crippen LogP contribution >= 0.6 is 0 Å². The summed E-state index contributed by atoms with van der Waals surface area (Å²) in [4.78, 5) is 2.12. The molecule has 0 aliphatic heterocycles. The third kappa shape index (κ3) is 6.38. The van der Waals surface area contributed by atoms with Gasteiger partial charge in [0.15, 0.2) is 0 Å². The van der Waals surface area contributed by atoms with Crippen molar-refractivity contribution in [1.82, 2.24) is 4.90 Å². The molecule has 4 rings (SSSR count). The molecule has 3 heteroatoms. The predicted octanol–water partition coefficient (Wildman–Crippen LogP) is 6.41. The van der Waals surface area contributed by atoms with Gasteiger partial charge in [0.1, 0.15) is 0 Å². The lowest BCUT2D eigenvalue weighted by atomic mass is 9.96. The first-order valence-corrected chi connectivity index (χ1v) is 12.1. The number of fused-ring (bicyclic) bond motifs is 1. The second-order valence-electron chi connectivity index (χ2n) is 9.20. The second-order valence-corrected chi connectivity index (χ2v) is 9.20. The van der Waals surface area contributed by atoms with Crippen LogP contribution in [0.5, 0.6) is 0 Å². The van der Waals surface area contributed by atoms with Crippen LogP contribution in [0.1, 0.15) is 40.7 Å².